The molecular weight excluding hydrogens is 396 g/mol. The molecule has 0 radical (unpaired) electrons. The van der Waals surface area contributed by atoms with Crippen molar-refractivity contribution in [1.29, 1.82) is 0 Å². The second-order valence-corrected chi connectivity index (χ2v) is 7.48. The number of carbonyl (C=O) groups is 4. The molecule has 0 fully saturated rings. The Balaban J connectivity index is 1.73. The predicted octanol–water partition coefficient (Wildman–Crippen LogP) is 2.57. The molecule has 0 aromatic heterocycles. The van der Waals surface area contributed by atoms with Gasteiger partial charge in [0.05, 0.1) is 18.2 Å². The van der Waals surface area contributed by atoms with Crippen LogP contribution in [0.1, 0.15) is 39.1 Å². The maximum Gasteiger partial charge on any atom is 0.328 e. The number of allylic oxidation sites excluding steroid dienone is 1. The van der Waals surface area contributed by atoms with E-state index in [9.17, 15) is 19.2 Å². The number of imide groups is 1. The minimum Gasteiger partial charge on any atom is -0.467 e. The van der Waals surface area contributed by atoms with Crippen molar-refractivity contribution < 1.29 is 23.9 Å². The maximum atomic E-state index is 13.7. The summed E-state index contributed by atoms with van der Waals surface area (Å²) in [6.45, 7) is 0. The fraction of sp³-hybridized carbons (Fsp3) is 0.250. The third-order valence-electron chi connectivity index (χ3n) is 5.63. The van der Waals surface area contributed by atoms with Gasteiger partial charge in [0.15, 0.2) is 0 Å². The topological polar surface area (TPSA) is 84.0 Å². The van der Waals surface area contributed by atoms with E-state index in [-0.39, 0.29) is 17.5 Å². The van der Waals surface area contributed by atoms with Gasteiger partial charge >= 0.3 is 5.97 Å². The number of amides is 3. The molecule has 2 aromatic rings. The quantitative estimate of drug-likeness (QED) is 0.551. The molecule has 7 heteroatoms. The molecule has 0 saturated carbocycles. The van der Waals surface area contributed by atoms with Crippen molar-refractivity contribution in [2.75, 3.05) is 7.11 Å². The van der Waals surface area contributed by atoms with Gasteiger partial charge in [-0.25, -0.2) is 4.79 Å². The van der Waals surface area contributed by atoms with Gasteiger partial charge in [0.25, 0.3) is 17.7 Å². The van der Waals surface area contributed by atoms with Crippen molar-refractivity contribution in [2.24, 2.45) is 0 Å². The van der Waals surface area contributed by atoms with Crippen LogP contribution >= 0.6 is 0 Å². The van der Waals surface area contributed by atoms with E-state index < -0.39 is 35.8 Å². The highest BCUT2D eigenvalue weighted by Gasteiger charge is 2.45. The third kappa shape index (κ3) is 3.74. The SMILES string of the molecule is COC(=O)[C@@H]1CCC=CN1C(=O)C(Cc1ccccc1)N1C(=O)c2ccccc2C1=O. The van der Waals surface area contributed by atoms with Crippen molar-refractivity contribution in [2.45, 2.75) is 31.3 Å². The smallest absolute Gasteiger partial charge is 0.328 e. The van der Waals surface area contributed by atoms with Gasteiger partial charge in [-0.15, -0.1) is 0 Å². The highest BCUT2D eigenvalue weighted by atomic mass is 16.5. The van der Waals surface area contributed by atoms with Crippen LogP contribution in [0.25, 0.3) is 0 Å². The largest absolute Gasteiger partial charge is 0.467 e. The molecular formula is C24H22N2O5. The van der Waals surface area contributed by atoms with E-state index in [0.717, 1.165) is 10.5 Å². The molecule has 3 amide bonds. The van der Waals surface area contributed by atoms with Crippen LogP contribution in [0.15, 0.2) is 66.9 Å². The maximum absolute atomic E-state index is 13.7. The fourth-order valence-corrected chi connectivity index (χ4v) is 4.07. The number of ether oxygens (including phenoxy) is 1. The lowest BCUT2D eigenvalue weighted by Crippen LogP contribution is -2.55. The number of benzene rings is 2. The summed E-state index contributed by atoms with van der Waals surface area (Å²) in [6, 6.07) is 13.8. The second-order valence-electron chi connectivity index (χ2n) is 7.48. The summed E-state index contributed by atoms with van der Waals surface area (Å²) in [7, 11) is 1.27. The Morgan fingerprint density at radius 3 is 2.23 bits per heavy atom. The van der Waals surface area contributed by atoms with Crippen LogP contribution < -0.4 is 0 Å². The van der Waals surface area contributed by atoms with Gasteiger partial charge in [-0.1, -0.05) is 48.5 Å². The highest BCUT2D eigenvalue weighted by molar-refractivity contribution is 6.23. The van der Waals surface area contributed by atoms with Crippen LogP contribution in [-0.2, 0) is 20.7 Å². The van der Waals surface area contributed by atoms with Gasteiger partial charge in [-0.05, 0) is 30.5 Å². The zero-order chi connectivity index (χ0) is 22.0. The molecule has 0 N–H and O–H groups in total. The van der Waals surface area contributed by atoms with E-state index in [0.29, 0.717) is 12.8 Å². The summed E-state index contributed by atoms with van der Waals surface area (Å²) < 4.78 is 4.87. The van der Waals surface area contributed by atoms with Crippen LogP contribution in [0.3, 0.4) is 0 Å². The van der Waals surface area contributed by atoms with Crippen LogP contribution in [0.2, 0.25) is 0 Å². The highest BCUT2D eigenvalue weighted by Crippen LogP contribution is 2.28. The molecule has 158 valence electrons. The first-order valence-electron chi connectivity index (χ1n) is 10.1. The Morgan fingerprint density at radius 1 is 1.00 bits per heavy atom. The van der Waals surface area contributed by atoms with E-state index in [1.54, 1.807) is 36.5 Å². The molecule has 2 aromatic carbocycles. The molecule has 0 aliphatic carbocycles. The summed E-state index contributed by atoms with van der Waals surface area (Å²) in [5.41, 5.74) is 1.35. The van der Waals surface area contributed by atoms with Crippen LogP contribution in [0.4, 0.5) is 0 Å². The molecule has 0 saturated heterocycles. The first kappa shape index (κ1) is 20.5. The van der Waals surface area contributed by atoms with Gasteiger partial charge in [-0.3, -0.25) is 19.3 Å². The Morgan fingerprint density at radius 2 is 1.61 bits per heavy atom. The molecule has 31 heavy (non-hydrogen) atoms. The standard InChI is InChI=1S/C24H22N2O5/c1-31-24(30)19-13-7-8-14-25(19)23(29)20(15-16-9-3-2-4-10-16)26-21(27)17-11-5-6-12-18(17)22(26)28/h2-6,8-12,14,19-20H,7,13,15H2,1H3/t19-,20?/m0/s1. The van der Waals surface area contributed by atoms with E-state index >= 15 is 0 Å². The van der Waals surface area contributed by atoms with Crippen LogP contribution in [0.5, 0.6) is 0 Å². The lowest BCUT2D eigenvalue weighted by Gasteiger charge is -2.35. The Hall–Kier alpha value is -3.74. The van der Waals surface area contributed by atoms with Gasteiger partial charge in [0, 0.05) is 12.6 Å². The Labute approximate surface area is 179 Å². The van der Waals surface area contributed by atoms with Crippen molar-refractivity contribution in [3.63, 3.8) is 0 Å². The number of nitrogens with zero attached hydrogens (tertiary/aromatic N) is 2. The van der Waals surface area contributed by atoms with E-state index in [4.69, 9.17) is 4.74 Å². The number of carbonyl (C=O) groups excluding carboxylic acids is 4. The van der Waals surface area contributed by atoms with Gasteiger partial charge in [0.2, 0.25) is 0 Å². The van der Waals surface area contributed by atoms with Gasteiger partial charge in [-0.2, -0.15) is 0 Å². The van der Waals surface area contributed by atoms with E-state index in [1.165, 1.54) is 12.0 Å². The Kier molecular flexibility index (Phi) is 5.66. The Bertz CT molecular complexity index is 1030. The number of esters is 1. The third-order valence-corrected chi connectivity index (χ3v) is 5.63. The minimum absolute atomic E-state index is 0.142. The zero-order valence-electron chi connectivity index (χ0n) is 17.1. The lowest BCUT2D eigenvalue weighted by molar-refractivity contribution is -0.152. The molecule has 7 nitrogen and oxygen atoms in total. The predicted molar refractivity (Wildman–Crippen MR) is 112 cm³/mol. The molecule has 4 rings (SSSR count). The van der Waals surface area contributed by atoms with E-state index in [2.05, 4.69) is 0 Å². The van der Waals surface area contributed by atoms with Gasteiger partial charge in [0.1, 0.15) is 12.1 Å². The summed E-state index contributed by atoms with van der Waals surface area (Å²) in [5.74, 6) is -2.04. The summed E-state index contributed by atoms with van der Waals surface area (Å²) in [6.07, 6.45) is 4.52. The average Bonchev–Trinajstić information content (AvgIpc) is 3.07. The molecule has 2 aliphatic heterocycles. The first-order valence-corrected chi connectivity index (χ1v) is 10.1. The summed E-state index contributed by atoms with van der Waals surface area (Å²) in [5, 5.41) is 0. The zero-order valence-corrected chi connectivity index (χ0v) is 17.1. The molecule has 2 atom stereocenters. The number of methoxy groups -OCH3 is 1. The summed E-state index contributed by atoms with van der Waals surface area (Å²) >= 11 is 0. The first-order chi connectivity index (χ1) is 15.0. The van der Waals surface area contributed by atoms with Crippen molar-refractivity contribution in [1.82, 2.24) is 9.80 Å². The van der Waals surface area contributed by atoms with Crippen molar-refractivity contribution in [3.05, 3.63) is 83.6 Å². The van der Waals surface area contributed by atoms with Crippen LogP contribution in [-0.4, -0.2) is 52.7 Å². The molecule has 1 unspecified atom stereocenters. The number of fused-ring (bicyclic) bond motifs is 1. The summed E-state index contributed by atoms with van der Waals surface area (Å²) in [4.78, 5) is 54.5. The monoisotopic (exact) mass is 418 g/mol. The van der Waals surface area contributed by atoms with Crippen LogP contribution in [0, 0.1) is 0 Å². The number of hydrogen-bond donors (Lipinski definition) is 0. The molecule has 0 spiro atoms. The van der Waals surface area contributed by atoms with Crippen molar-refractivity contribution in [3.8, 4) is 0 Å². The minimum atomic E-state index is -1.09. The number of rotatable bonds is 5. The second kappa shape index (κ2) is 8.55. The van der Waals surface area contributed by atoms with Crippen molar-refractivity contribution >= 4 is 23.7 Å². The van der Waals surface area contributed by atoms with E-state index in [1.807, 2.05) is 30.3 Å². The molecule has 0 bridgehead atoms. The molecule has 2 heterocycles. The fourth-order valence-electron chi connectivity index (χ4n) is 4.07. The average molecular weight is 418 g/mol. The lowest BCUT2D eigenvalue weighted by atomic mass is 10.00. The normalized spacial score (nSPS) is 18.7. The number of hydrogen-bond acceptors (Lipinski definition) is 5. The van der Waals surface area contributed by atoms with Gasteiger partial charge < -0.3 is 9.64 Å². The molecule has 2 aliphatic rings.